The fourth-order valence-corrected chi connectivity index (χ4v) is 9.05. The van der Waals surface area contributed by atoms with Crippen molar-refractivity contribution in [1.29, 1.82) is 0 Å². The van der Waals surface area contributed by atoms with Crippen LogP contribution in [0.3, 0.4) is 0 Å². The number of rotatable bonds is 3. The van der Waals surface area contributed by atoms with Gasteiger partial charge in [-0.25, -0.2) is 0 Å². The van der Waals surface area contributed by atoms with Gasteiger partial charge in [0.1, 0.15) is 11.9 Å². The molecular formula is C48H33F3O. The third kappa shape index (κ3) is 4.63. The lowest BCUT2D eigenvalue weighted by molar-refractivity contribution is -0.135. The molecule has 1 nitrogen and oxygen atoms in total. The van der Waals surface area contributed by atoms with Crippen molar-refractivity contribution in [3.8, 4) is 28.0 Å². The van der Waals surface area contributed by atoms with E-state index in [-0.39, 0.29) is 22.8 Å². The first-order valence-corrected chi connectivity index (χ1v) is 17.9. The van der Waals surface area contributed by atoms with Crippen molar-refractivity contribution in [2.45, 2.75) is 31.5 Å². The summed E-state index contributed by atoms with van der Waals surface area (Å²) in [5, 5.41) is 3.97. The van der Waals surface area contributed by atoms with Gasteiger partial charge in [-0.1, -0.05) is 153 Å². The van der Waals surface area contributed by atoms with Gasteiger partial charge < -0.3 is 4.74 Å². The first-order chi connectivity index (χ1) is 25.4. The van der Waals surface area contributed by atoms with Crippen molar-refractivity contribution in [2.75, 3.05) is 0 Å². The van der Waals surface area contributed by atoms with Crippen molar-refractivity contribution in [3.05, 3.63) is 173 Å². The lowest BCUT2D eigenvalue weighted by atomic mass is 9.75. The van der Waals surface area contributed by atoms with Crippen LogP contribution in [0, 0.1) is 5.92 Å². The molecule has 1 aliphatic heterocycles. The highest BCUT2D eigenvalue weighted by Crippen LogP contribution is 2.52. The molecule has 2 aliphatic carbocycles. The van der Waals surface area contributed by atoms with Crippen LogP contribution in [0.25, 0.3) is 66.2 Å². The summed E-state index contributed by atoms with van der Waals surface area (Å²) in [6, 6.07) is 39.4. The Morgan fingerprint density at radius 3 is 1.87 bits per heavy atom. The van der Waals surface area contributed by atoms with E-state index in [0.29, 0.717) is 16.7 Å². The maximum absolute atomic E-state index is 14.6. The summed E-state index contributed by atoms with van der Waals surface area (Å²) in [4.78, 5) is 0. The van der Waals surface area contributed by atoms with Crippen molar-refractivity contribution >= 4 is 44.0 Å². The van der Waals surface area contributed by atoms with Gasteiger partial charge in [0.05, 0.1) is 5.56 Å². The van der Waals surface area contributed by atoms with E-state index in [1.807, 2.05) is 24.3 Å². The number of benzene rings is 7. The van der Waals surface area contributed by atoms with Crippen LogP contribution in [-0.2, 0) is 12.6 Å². The van der Waals surface area contributed by atoms with Crippen LogP contribution in [0.2, 0.25) is 0 Å². The SMILES string of the molecule is CC1C=Cc2c(c(-c3ccccc3)c3ccccc3c2C2=CC=CC3c4ccc(-c5c6ccccc6c(C(F)(F)F)c6ccccc56)cc4OC23)C1. The molecule has 3 unspecified atom stereocenters. The maximum atomic E-state index is 14.6. The Hall–Kier alpha value is -5.87. The maximum Gasteiger partial charge on any atom is 0.417 e. The van der Waals surface area contributed by atoms with Crippen LogP contribution in [0.5, 0.6) is 5.75 Å². The molecule has 0 N–H and O–H groups in total. The number of halogens is 3. The van der Waals surface area contributed by atoms with Gasteiger partial charge in [0.2, 0.25) is 0 Å². The summed E-state index contributed by atoms with van der Waals surface area (Å²) in [6.07, 6.45) is 7.41. The monoisotopic (exact) mass is 682 g/mol. The average molecular weight is 683 g/mol. The van der Waals surface area contributed by atoms with Crippen molar-refractivity contribution in [1.82, 2.24) is 0 Å². The van der Waals surface area contributed by atoms with Gasteiger partial charge in [0.15, 0.2) is 0 Å². The summed E-state index contributed by atoms with van der Waals surface area (Å²) < 4.78 is 50.8. The molecule has 0 fully saturated rings. The molecule has 1 heterocycles. The molecule has 0 saturated carbocycles. The summed E-state index contributed by atoms with van der Waals surface area (Å²) in [6.45, 7) is 2.28. The predicted octanol–water partition coefficient (Wildman–Crippen LogP) is 13.2. The molecule has 7 aromatic rings. The van der Waals surface area contributed by atoms with Gasteiger partial charge in [-0.05, 0) is 89.7 Å². The molecule has 0 radical (unpaired) electrons. The molecule has 0 bridgehead atoms. The number of hydrogen-bond acceptors (Lipinski definition) is 1. The molecule has 7 aromatic carbocycles. The van der Waals surface area contributed by atoms with Crippen LogP contribution in [0.1, 0.15) is 40.7 Å². The number of hydrogen-bond donors (Lipinski definition) is 0. The van der Waals surface area contributed by atoms with E-state index >= 15 is 0 Å². The van der Waals surface area contributed by atoms with E-state index in [0.717, 1.165) is 34.4 Å². The van der Waals surface area contributed by atoms with E-state index in [1.54, 1.807) is 36.4 Å². The lowest BCUT2D eigenvalue weighted by Gasteiger charge is -2.30. The van der Waals surface area contributed by atoms with Crippen molar-refractivity contribution < 1.29 is 17.9 Å². The van der Waals surface area contributed by atoms with Gasteiger partial charge in [-0.2, -0.15) is 13.2 Å². The molecule has 0 aromatic heterocycles. The molecule has 52 heavy (non-hydrogen) atoms. The van der Waals surface area contributed by atoms with Crippen LogP contribution < -0.4 is 4.74 Å². The average Bonchev–Trinajstić information content (AvgIpc) is 3.54. The fraction of sp³-hybridized carbons (Fsp3) is 0.125. The number of fused-ring (bicyclic) bond motifs is 7. The smallest absolute Gasteiger partial charge is 0.417 e. The summed E-state index contributed by atoms with van der Waals surface area (Å²) in [7, 11) is 0. The molecule has 0 spiro atoms. The Balaban J connectivity index is 1.14. The van der Waals surface area contributed by atoms with Crippen LogP contribution in [0.4, 0.5) is 13.2 Å². The highest BCUT2D eigenvalue weighted by Gasteiger charge is 2.40. The molecule has 10 rings (SSSR count). The van der Waals surface area contributed by atoms with Crippen molar-refractivity contribution in [3.63, 3.8) is 0 Å². The van der Waals surface area contributed by atoms with Crippen LogP contribution in [-0.4, -0.2) is 6.10 Å². The summed E-state index contributed by atoms with van der Waals surface area (Å²) >= 11 is 0. The highest BCUT2D eigenvalue weighted by atomic mass is 19.4. The Morgan fingerprint density at radius 2 is 1.21 bits per heavy atom. The quantitative estimate of drug-likeness (QED) is 0.169. The molecule has 252 valence electrons. The Labute approximate surface area is 300 Å². The minimum atomic E-state index is -4.50. The van der Waals surface area contributed by atoms with E-state index < -0.39 is 11.7 Å². The molecular weight excluding hydrogens is 650 g/mol. The highest BCUT2D eigenvalue weighted by molar-refractivity contribution is 6.15. The second-order valence-electron chi connectivity index (χ2n) is 14.3. The molecule has 3 atom stereocenters. The Morgan fingerprint density at radius 1 is 0.615 bits per heavy atom. The van der Waals surface area contributed by atoms with Crippen LogP contribution >= 0.6 is 0 Å². The molecule has 0 saturated heterocycles. The molecule has 4 heteroatoms. The second-order valence-corrected chi connectivity index (χ2v) is 14.3. The number of alkyl halides is 3. The topological polar surface area (TPSA) is 9.23 Å². The zero-order valence-electron chi connectivity index (χ0n) is 28.4. The first-order valence-electron chi connectivity index (χ1n) is 17.9. The van der Waals surface area contributed by atoms with Crippen molar-refractivity contribution in [2.24, 2.45) is 5.92 Å². The second kappa shape index (κ2) is 11.6. The minimum Gasteiger partial charge on any atom is -0.484 e. The summed E-state index contributed by atoms with van der Waals surface area (Å²) in [5.74, 6) is 1.18. The van der Waals surface area contributed by atoms with Gasteiger partial charge >= 0.3 is 6.18 Å². The number of ether oxygens (including phenoxy) is 1. The third-order valence-electron chi connectivity index (χ3n) is 11.2. The third-order valence-corrected chi connectivity index (χ3v) is 11.2. The van der Waals surface area contributed by atoms with E-state index in [2.05, 4.69) is 98.0 Å². The van der Waals surface area contributed by atoms with Crippen LogP contribution in [0.15, 0.2) is 146 Å². The number of allylic oxidation sites excluding steroid dienone is 3. The molecule has 3 aliphatic rings. The zero-order chi connectivity index (χ0) is 35.1. The fourth-order valence-electron chi connectivity index (χ4n) is 9.05. The minimum absolute atomic E-state index is 0.000139. The normalized spacial score (nSPS) is 19.0. The van der Waals surface area contributed by atoms with Gasteiger partial charge in [-0.3, -0.25) is 0 Å². The standard InChI is InChI=1S/C48H33F3O/c1-28-22-24-36-41(26-28)43(29-12-3-2-4-13-29)32-14-5-6-15-33(32)45(36)40-21-11-20-39-31-25-23-30(27-42(31)52-47(39)40)44-34-16-7-9-18-37(34)46(48(49,50)51)38-19-10-8-17-35(38)44/h2-25,27-28,39,47H,26H2,1H3. The predicted molar refractivity (Wildman–Crippen MR) is 207 cm³/mol. The summed E-state index contributed by atoms with van der Waals surface area (Å²) in [5.41, 5.74) is 9.58. The Bertz CT molecular complexity index is 2640. The first kappa shape index (κ1) is 30.9. The van der Waals surface area contributed by atoms with E-state index in [4.69, 9.17) is 4.74 Å². The lowest BCUT2D eigenvalue weighted by Crippen LogP contribution is -2.23. The van der Waals surface area contributed by atoms with Gasteiger partial charge in [0.25, 0.3) is 0 Å². The van der Waals surface area contributed by atoms with E-state index in [1.165, 1.54) is 38.6 Å². The molecule has 0 amide bonds. The Kier molecular flexibility index (Phi) is 6.88. The van der Waals surface area contributed by atoms with Gasteiger partial charge in [0, 0.05) is 17.1 Å². The van der Waals surface area contributed by atoms with Gasteiger partial charge in [-0.15, -0.1) is 0 Å². The largest absolute Gasteiger partial charge is 0.484 e. The van der Waals surface area contributed by atoms with E-state index in [9.17, 15) is 13.2 Å². The zero-order valence-corrected chi connectivity index (χ0v) is 28.4.